The van der Waals surface area contributed by atoms with Gasteiger partial charge >= 0.3 is 0 Å². The molecule has 0 aromatic heterocycles. The van der Waals surface area contributed by atoms with Gasteiger partial charge in [0.05, 0.1) is 0 Å². The van der Waals surface area contributed by atoms with Gasteiger partial charge in [-0.2, -0.15) is 0 Å². The Balaban J connectivity index is 2.20. The molecule has 1 aliphatic heterocycles. The molecule has 0 atom stereocenters. The van der Waals surface area contributed by atoms with Crippen molar-refractivity contribution in [3.05, 3.63) is 12.2 Å². The molecule has 0 aliphatic carbocycles. The molecule has 40 valence electrons. The van der Waals surface area contributed by atoms with Crippen molar-refractivity contribution in [2.45, 2.75) is 6.42 Å². The van der Waals surface area contributed by atoms with E-state index in [9.17, 15) is 0 Å². The molecule has 0 aromatic carbocycles. The Morgan fingerprint density at radius 1 is 1.14 bits per heavy atom. The summed E-state index contributed by atoms with van der Waals surface area (Å²) in [4.78, 5) is 0. The lowest BCUT2D eigenvalue weighted by atomic mass is 10.4. The zero-order valence-electron chi connectivity index (χ0n) is 4.28. The molecule has 1 rings (SSSR count). The van der Waals surface area contributed by atoms with Gasteiger partial charge in [-0.15, -0.1) is 0 Å². The summed E-state index contributed by atoms with van der Waals surface area (Å²) in [5.41, 5.74) is 6.05. The van der Waals surface area contributed by atoms with Crippen molar-refractivity contribution in [1.82, 2.24) is 10.9 Å². The van der Waals surface area contributed by atoms with Crippen molar-refractivity contribution in [3.8, 4) is 0 Å². The van der Waals surface area contributed by atoms with E-state index in [4.69, 9.17) is 0 Å². The first-order valence-corrected chi connectivity index (χ1v) is 2.61. The fourth-order valence-corrected chi connectivity index (χ4v) is 0.576. The van der Waals surface area contributed by atoms with Crippen molar-refractivity contribution >= 4 is 0 Å². The predicted octanol–water partition coefficient (Wildman–Crippen LogP) is 0.0405. The average molecular weight is 98.1 g/mol. The Morgan fingerprint density at radius 3 is 3.14 bits per heavy atom. The van der Waals surface area contributed by atoms with Crippen LogP contribution >= 0.6 is 0 Å². The zero-order valence-corrected chi connectivity index (χ0v) is 4.28. The molecule has 1 heterocycles. The third kappa shape index (κ3) is 1.71. The Hall–Kier alpha value is -0.340. The maximum Gasteiger partial charge on any atom is 0.0280 e. The number of hydrogen-bond acceptors (Lipinski definition) is 2. The molecule has 0 amide bonds. The van der Waals surface area contributed by atoms with Gasteiger partial charge in [0.2, 0.25) is 0 Å². The molecule has 2 heteroatoms. The van der Waals surface area contributed by atoms with Crippen LogP contribution in [-0.2, 0) is 0 Å². The minimum Gasteiger partial charge on any atom is -0.257 e. The lowest BCUT2D eigenvalue weighted by Gasteiger charge is -1.95. The zero-order chi connectivity index (χ0) is 4.95. The molecule has 0 unspecified atom stereocenters. The van der Waals surface area contributed by atoms with E-state index in [0.717, 1.165) is 19.5 Å². The Morgan fingerprint density at radius 2 is 2.14 bits per heavy atom. The number of hydrazine groups is 1. The average Bonchev–Trinajstić information content (AvgIpc) is 1.90. The van der Waals surface area contributed by atoms with Crippen LogP contribution in [0.1, 0.15) is 6.42 Å². The van der Waals surface area contributed by atoms with Crippen molar-refractivity contribution in [2.75, 3.05) is 13.1 Å². The van der Waals surface area contributed by atoms with Crippen LogP contribution < -0.4 is 10.9 Å². The third-order valence-electron chi connectivity index (χ3n) is 0.948. The largest absolute Gasteiger partial charge is 0.257 e. The molecule has 7 heavy (non-hydrogen) atoms. The topological polar surface area (TPSA) is 24.1 Å². The second kappa shape index (κ2) is 2.77. The van der Waals surface area contributed by atoms with Gasteiger partial charge in [0.1, 0.15) is 0 Å². The maximum absolute atomic E-state index is 3.03. The molecule has 0 aromatic rings. The normalized spacial score (nSPS) is 21.7. The van der Waals surface area contributed by atoms with Crippen LogP contribution in [0.15, 0.2) is 12.2 Å². The molecule has 0 radical (unpaired) electrons. The highest BCUT2D eigenvalue weighted by molar-refractivity contribution is 4.85. The van der Waals surface area contributed by atoms with Gasteiger partial charge in [0.15, 0.2) is 0 Å². The molecular formula is C5H10N2. The van der Waals surface area contributed by atoms with Crippen LogP contribution in [0.25, 0.3) is 0 Å². The summed E-state index contributed by atoms with van der Waals surface area (Å²) >= 11 is 0. The lowest BCUT2D eigenvalue weighted by molar-refractivity contribution is 0.586. The number of hydrogen-bond donors (Lipinski definition) is 2. The van der Waals surface area contributed by atoms with Gasteiger partial charge in [0, 0.05) is 13.1 Å². The highest BCUT2D eigenvalue weighted by Gasteiger charge is 1.84. The first kappa shape index (κ1) is 4.81. The van der Waals surface area contributed by atoms with Crippen molar-refractivity contribution in [2.24, 2.45) is 0 Å². The smallest absolute Gasteiger partial charge is 0.0280 e. The maximum atomic E-state index is 3.03. The van der Waals surface area contributed by atoms with Crippen molar-refractivity contribution < 1.29 is 0 Å². The van der Waals surface area contributed by atoms with Gasteiger partial charge in [0.25, 0.3) is 0 Å². The third-order valence-corrected chi connectivity index (χ3v) is 0.948. The molecule has 2 nitrogen and oxygen atoms in total. The summed E-state index contributed by atoms with van der Waals surface area (Å²) in [5, 5.41) is 0. The Kier molecular flexibility index (Phi) is 1.90. The monoisotopic (exact) mass is 98.1 g/mol. The fraction of sp³-hybridized carbons (Fsp3) is 0.600. The van der Waals surface area contributed by atoms with E-state index in [0.29, 0.717) is 0 Å². The van der Waals surface area contributed by atoms with Crippen LogP contribution in [0.4, 0.5) is 0 Å². The molecule has 0 bridgehead atoms. The van der Waals surface area contributed by atoms with Crippen LogP contribution in [0.3, 0.4) is 0 Å². The Bertz CT molecular complexity index is 60.5. The van der Waals surface area contributed by atoms with E-state index >= 15 is 0 Å². The summed E-state index contributed by atoms with van der Waals surface area (Å²) in [6, 6.07) is 0. The van der Waals surface area contributed by atoms with E-state index in [1.54, 1.807) is 0 Å². The highest BCUT2D eigenvalue weighted by atomic mass is 15.3. The first-order chi connectivity index (χ1) is 3.50. The minimum absolute atomic E-state index is 0.958. The fourth-order valence-electron chi connectivity index (χ4n) is 0.576. The van der Waals surface area contributed by atoms with Crippen LogP contribution in [0, 0.1) is 0 Å². The van der Waals surface area contributed by atoms with Crippen molar-refractivity contribution in [3.63, 3.8) is 0 Å². The summed E-state index contributed by atoms with van der Waals surface area (Å²) < 4.78 is 0. The van der Waals surface area contributed by atoms with E-state index in [1.165, 1.54) is 0 Å². The van der Waals surface area contributed by atoms with Crippen LogP contribution in [0.5, 0.6) is 0 Å². The highest BCUT2D eigenvalue weighted by Crippen LogP contribution is 1.80. The Labute approximate surface area is 43.6 Å². The molecule has 0 fully saturated rings. The summed E-state index contributed by atoms with van der Waals surface area (Å²) in [6.45, 7) is 2.01. The second-order valence-corrected chi connectivity index (χ2v) is 1.57. The molecule has 2 N–H and O–H groups in total. The van der Waals surface area contributed by atoms with E-state index in [1.807, 2.05) is 0 Å². The van der Waals surface area contributed by atoms with Gasteiger partial charge in [-0.25, -0.2) is 0 Å². The predicted molar refractivity (Wildman–Crippen MR) is 29.8 cm³/mol. The summed E-state index contributed by atoms with van der Waals surface area (Å²) in [5.74, 6) is 0. The molecule has 0 saturated heterocycles. The van der Waals surface area contributed by atoms with Crippen molar-refractivity contribution in [1.29, 1.82) is 0 Å². The molecule has 1 aliphatic rings. The number of nitrogens with one attached hydrogen (secondary N) is 2. The minimum atomic E-state index is 0.958. The van der Waals surface area contributed by atoms with Gasteiger partial charge in [-0.3, -0.25) is 10.9 Å². The molecule has 0 saturated carbocycles. The van der Waals surface area contributed by atoms with Crippen LogP contribution in [-0.4, -0.2) is 13.1 Å². The van der Waals surface area contributed by atoms with E-state index < -0.39 is 0 Å². The quantitative estimate of drug-likeness (QED) is 0.418. The molecule has 0 spiro atoms. The van der Waals surface area contributed by atoms with E-state index in [2.05, 4.69) is 23.0 Å². The second-order valence-electron chi connectivity index (χ2n) is 1.57. The standard InChI is InChI=1S/C5H10N2/c1-2-4-6-7-5-3-1/h1-2,6-7H,3-5H2. The first-order valence-electron chi connectivity index (χ1n) is 2.61. The summed E-state index contributed by atoms with van der Waals surface area (Å²) in [7, 11) is 0. The van der Waals surface area contributed by atoms with Gasteiger partial charge < -0.3 is 0 Å². The number of rotatable bonds is 0. The summed E-state index contributed by atoms with van der Waals surface area (Å²) in [6.07, 6.45) is 5.44. The van der Waals surface area contributed by atoms with Gasteiger partial charge in [-0.1, -0.05) is 12.2 Å². The molecular weight excluding hydrogens is 88.1 g/mol. The van der Waals surface area contributed by atoms with Crippen LogP contribution in [0.2, 0.25) is 0 Å². The van der Waals surface area contributed by atoms with E-state index in [-0.39, 0.29) is 0 Å². The lowest BCUT2D eigenvalue weighted by Crippen LogP contribution is -2.30. The van der Waals surface area contributed by atoms with Gasteiger partial charge in [-0.05, 0) is 6.42 Å². The SMILES string of the molecule is C1=CCNNCC1.